The zero-order valence-corrected chi connectivity index (χ0v) is 17.1. The number of imidazole rings is 1. The van der Waals surface area contributed by atoms with Crippen molar-refractivity contribution in [3.05, 3.63) is 90.3 Å². The molecule has 0 radical (unpaired) electrons. The van der Waals surface area contributed by atoms with Gasteiger partial charge in [-0.2, -0.15) is 0 Å². The molecule has 0 aliphatic rings. The van der Waals surface area contributed by atoms with Crippen LogP contribution in [0.4, 0.5) is 5.69 Å². The molecule has 0 spiro atoms. The zero-order valence-electron chi connectivity index (χ0n) is 16.2. The molecular weight excluding hydrogens is 382 g/mol. The molecule has 29 heavy (non-hydrogen) atoms. The lowest BCUT2D eigenvalue weighted by molar-refractivity contribution is 0.602. The fourth-order valence-electron chi connectivity index (χ4n) is 3.36. The Morgan fingerprint density at radius 1 is 0.862 bits per heavy atom. The molecular formula is C23H23N3O2S. The summed E-state index contributed by atoms with van der Waals surface area (Å²) in [6, 6.07) is 26.0. The average molecular weight is 406 g/mol. The van der Waals surface area contributed by atoms with Gasteiger partial charge >= 0.3 is 0 Å². The molecule has 0 unspecified atom stereocenters. The number of rotatable bonds is 7. The number of nitrogens with one attached hydrogen (secondary N) is 1. The lowest BCUT2D eigenvalue weighted by Gasteiger charge is -2.10. The molecule has 6 heteroatoms. The van der Waals surface area contributed by atoms with Gasteiger partial charge in [0.2, 0.25) is 10.0 Å². The van der Waals surface area contributed by atoms with Crippen LogP contribution in [-0.2, 0) is 22.9 Å². The van der Waals surface area contributed by atoms with Crippen LogP contribution in [0.3, 0.4) is 0 Å². The minimum atomic E-state index is -3.26. The molecule has 0 saturated heterocycles. The van der Waals surface area contributed by atoms with Gasteiger partial charge in [0.25, 0.3) is 0 Å². The van der Waals surface area contributed by atoms with E-state index in [2.05, 4.69) is 27.5 Å². The molecule has 4 aromatic rings. The molecule has 3 aromatic carbocycles. The summed E-state index contributed by atoms with van der Waals surface area (Å²) in [5.74, 6) is 1.07. The van der Waals surface area contributed by atoms with Crippen LogP contribution in [0.1, 0.15) is 18.3 Å². The van der Waals surface area contributed by atoms with Crippen molar-refractivity contribution in [2.24, 2.45) is 0 Å². The Kier molecular flexibility index (Phi) is 5.36. The second-order valence-corrected chi connectivity index (χ2v) is 8.90. The normalized spacial score (nSPS) is 11.6. The van der Waals surface area contributed by atoms with Crippen molar-refractivity contribution in [2.45, 2.75) is 19.8 Å². The van der Waals surface area contributed by atoms with E-state index in [1.54, 1.807) is 6.92 Å². The summed E-state index contributed by atoms with van der Waals surface area (Å²) in [7, 11) is -3.26. The van der Waals surface area contributed by atoms with E-state index in [0.29, 0.717) is 5.69 Å². The largest absolute Gasteiger partial charge is 0.296 e. The second kappa shape index (κ2) is 8.09. The highest BCUT2D eigenvalue weighted by atomic mass is 32.2. The third kappa shape index (κ3) is 4.32. The Balaban J connectivity index is 1.57. The van der Waals surface area contributed by atoms with Crippen LogP contribution in [0.5, 0.6) is 0 Å². The highest BCUT2D eigenvalue weighted by Crippen LogP contribution is 2.23. The van der Waals surface area contributed by atoms with Gasteiger partial charge in [0, 0.05) is 17.8 Å². The van der Waals surface area contributed by atoms with Gasteiger partial charge < -0.3 is 0 Å². The van der Waals surface area contributed by atoms with Crippen LogP contribution in [0.2, 0.25) is 0 Å². The molecule has 0 aliphatic carbocycles. The zero-order chi connectivity index (χ0) is 20.3. The average Bonchev–Trinajstić information content (AvgIpc) is 3.12. The first-order valence-electron chi connectivity index (χ1n) is 9.67. The van der Waals surface area contributed by atoms with Crippen molar-refractivity contribution in [3.63, 3.8) is 0 Å². The Morgan fingerprint density at radius 3 is 2.28 bits per heavy atom. The van der Waals surface area contributed by atoms with E-state index in [0.717, 1.165) is 41.0 Å². The number of sulfonamides is 1. The quantitative estimate of drug-likeness (QED) is 0.490. The van der Waals surface area contributed by atoms with E-state index >= 15 is 0 Å². The second-order valence-electron chi connectivity index (χ2n) is 6.89. The van der Waals surface area contributed by atoms with Gasteiger partial charge in [-0.05, 0) is 55.3 Å². The fraction of sp³-hybridized carbons (Fsp3) is 0.174. The van der Waals surface area contributed by atoms with Gasteiger partial charge in [-0.3, -0.25) is 9.29 Å². The number of hydrogen-bond acceptors (Lipinski definition) is 3. The molecule has 4 rings (SSSR count). The molecule has 0 amide bonds. The minimum absolute atomic E-state index is 0.0600. The van der Waals surface area contributed by atoms with Crippen LogP contribution < -0.4 is 4.72 Å². The third-order valence-corrected chi connectivity index (χ3v) is 6.20. The SMILES string of the molecule is CCS(=O)(=O)Nc1ccc(CCc2nc3ccccc3n2-c2ccccc2)cc1. The Morgan fingerprint density at radius 2 is 1.55 bits per heavy atom. The summed E-state index contributed by atoms with van der Waals surface area (Å²) in [5.41, 5.74) is 4.90. The van der Waals surface area contributed by atoms with E-state index in [1.807, 2.05) is 60.7 Å². The van der Waals surface area contributed by atoms with Crippen LogP contribution in [0.25, 0.3) is 16.7 Å². The summed E-state index contributed by atoms with van der Waals surface area (Å²) in [6.45, 7) is 1.62. The van der Waals surface area contributed by atoms with E-state index in [1.165, 1.54) is 0 Å². The molecule has 0 aliphatic heterocycles. The Bertz CT molecular complexity index is 1210. The third-order valence-electron chi connectivity index (χ3n) is 4.89. The van der Waals surface area contributed by atoms with Gasteiger partial charge in [-0.15, -0.1) is 0 Å². The molecule has 0 bridgehead atoms. The number of aromatic nitrogens is 2. The van der Waals surface area contributed by atoms with Crippen molar-refractivity contribution in [3.8, 4) is 5.69 Å². The predicted octanol–water partition coefficient (Wildman–Crippen LogP) is 4.57. The smallest absolute Gasteiger partial charge is 0.232 e. The number of fused-ring (bicyclic) bond motifs is 1. The predicted molar refractivity (Wildman–Crippen MR) is 118 cm³/mol. The molecule has 1 N–H and O–H groups in total. The lowest BCUT2D eigenvalue weighted by Crippen LogP contribution is -2.14. The van der Waals surface area contributed by atoms with Crippen molar-refractivity contribution in [1.82, 2.24) is 9.55 Å². The monoisotopic (exact) mass is 405 g/mol. The van der Waals surface area contributed by atoms with Crippen LogP contribution in [-0.4, -0.2) is 23.7 Å². The highest BCUT2D eigenvalue weighted by Gasteiger charge is 2.12. The number of para-hydroxylation sites is 3. The van der Waals surface area contributed by atoms with Crippen molar-refractivity contribution in [1.29, 1.82) is 0 Å². The van der Waals surface area contributed by atoms with Gasteiger partial charge in [0.15, 0.2) is 0 Å². The van der Waals surface area contributed by atoms with Crippen LogP contribution in [0.15, 0.2) is 78.9 Å². The standard InChI is InChI=1S/C23H23N3O2S/c1-2-29(27,28)25-19-15-12-18(13-16-19)14-17-23-24-21-10-6-7-11-22(21)26(23)20-8-4-3-5-9-20/h3-13,15-16,25H,2,14,17H2,1H3. The number of nitrogens with zero attached hydrogens (tertiary/aromatic N) is 2. The van der Waals surface area contributed by atoms with Crippen LogP contribution >= 0.6 is 0 Å². The number of anilines is 1. The first-order valence-corrected chi connectivity index (χ1v) is 11.3. The maximum Gasteiger partial charge on any atom is 0.232 e. The van der Waals surface area contributed by atoms with Gasteiger partial charge in [-0.1, -0.05) is 42.5 Å². The fourth-order valence-corrected chi connectivity index (χ4v) is 4.00. The van der Waals surface area contributed by atoms with Crippen molar-refractivity contribution in [2.75, 3.05) is 10.5 Å². The van der Waals surface area contributed by atoms with E-state index < -0.39 is 10.0 Å². The Hall–Kier alpha value is -3.12. The summed E-state index contributed by atoms with van der Waals surface area (Å²) >= 11 is 0. The summed E-state index contributed by atoms with van der Waals surface area (Å²) in [6.07, 6.45) is 1.60. The summed E-state index contributed by atoms with van der Waals surface area (Å²) < 4.78 is 28.2. The maximum atomic E-state index is 11.7. The van der Waals surface area contributed by atoms with E-state index in [9.17, 15) is 8.42 Å². The van der Waals surface area contributed by atoms with Gasteiger partial charge in [0.1, 0.15) is 5.82 Å². The minimum Gasteiger partial charge on any atom is -0.296 e. The molecule has 148 valence electrons. The molecule has 1 heterocycles. The van der Waals surface area contributed by atoms with Gasteiger partial charge in [-0.25, -0.2) is 13.4 Å². The topological polar surface area (TPSA) is 64.0 Å². The van der Waals surface area contributed by atoms with Crippen molar-refractivity contribution >= 4 is 26.7 Å². The molecule has 0 fully saturated rings. The van der Waals surface area contributed by atoms with Crippen molar-refractivity contribution < 1.29 is 8.42 Å². The first-order chi connectivity index (χ1) is 14.1. The van der Waals surface area contributed by atoms with Gasteiger partial charge in [0.05, 0.1) is 16.8 Å². The summed E-state index contributed by atoms with van der Waals surface area (Å²) in [4.78, 5) is 4.85. The molecule has 0 atom stereocenters. The number of aryl methyl sites for hydroxylation is 2. The van der Waals surface area contributed by atoms with Crippen LogP contribution in [0, 0.1) is 0 Å². The molecule has 5 nitrogen and oxygen atoms in total. The lowest BCUT2D eigenvalue weighted by atomic mass is 10.1. The first kappa shape index (κ1) is 19.2. The number of hydrogen-bond donors (Lipinski definition) is 1. The molecule has 1 aromatic heterocycles. The summed E-state index contributed by atoms with van der Waals surface area (Å²) in [5, 5.41) is 0. The highest BCUT2D eigenvalue weighted by molar-refractivity contribution is 7.92. The van der Waals surface area contributed by atoms with E-state index in [-0.39, 0.29) is 5.75 Å². The number of benzene rings is 3. The Labute approximate surface area is 171 Å². The molecule has 0 saturated carbocycles. The maximum absolute atomic E-state index is 11.7. The van der Waals surface area contributed by atoms with E-state index in [4.69, 9.17) is 4.98 Å².